The van der Waals surface area contributed by atoms with E-state index in [4.69, 9.17) is 5.11 Å². The lowest BCUT2D eigenvalue weighted by Gasteiger charge is -2.16. The van der Waals surface area contributed by atoms with E-state index in [0.29, 0.717) is 5.92 Å². The second kappa shape index (κ2) is 6.22. The van der Waals surface area contributed by atoms with Crippen LogP contribution in [-0.2, 0) is 0 Å². The summed E-state index contributed by atoms with van der Waals surface area (Å²) in [4.78, 5) is 11.8. The van der Waals surface area contributed by atoms with E-state index in [1.807, 2.05) is 0 Å². The number of nitrogens with zero attached hydrogens (tertiary/aromatic N) is 1. The number of aromatic hydroxyl groups is 2. The van der Waals surface area contributed by atoms with Gasteiger partial charge in [0, 0.05) is 12.3 Å². The van der Waals surface area contributed by atoms with Crippen molar-refractivity contribution in [3.63, 3.8) is 0 Å². The predicted molar refractivity (Wildman–Crippen MR) is 72.3 cm³/mol. The molecule has 0 unspecified atom stereocenters. The summed E-state index contributed by atoms with van der Waals surface area (Å²) in [6.07, 6.45) is 7.70. The Kier molecular flexibility index (Phi) is 4.39. The zero-order valence-electron chi connectivity index (χ0n) is 10.7. The Morgan fingerprint density at radius 1 is 1.26 bits per heavy atom. The quantitative estimate of drug-likeness (QED) is 0.578. The molecule has 1 aromatic carbocycles. The molecule has 0 radical (unpaired) electrons. The van der Waals surface area contributed by atoms with Crippen molar-refractivity contribution in [2.24, 2.45) is 11.0 Å². The number of rotatable bonds is 3. The van der Waals surface area contributed by atoms with Crippen molar-refractivity contribution in [3.8, 4) is 11.5 Å². The van der Waals surface area contributed by atoms with Crippen molar-refractivity contribution in [1.82, 2.24) is 5.43 Å². The lowest BCUT2D eigenvalue weighted by molar-refractivity contribution is 0.0952. The van der Waals surface area contributed by atoms with Gasteiger partial charge in [0.1, 0.15) is 11.5 Å². The number of amides is 1. The largest absolute Gasteiger partial charge is 0.508 e. The number of phenols is 2. The first kappa shape index (κ1) is 13.4. The van der Waals surface area contributed by atoms with Crippen LogP contribution in [-0.4, -0.2) is 22.3 Å². The van der Waals surface area contributed by atoms with Crippen LogP contribution in [0, 0.1) is 5.92 Å². The fourth-order valence-corrected chi connectivity index (χ4v) is 2.26. The molecule has 5 heteroatoms. The molecule has 0 saturated heterocycles. The van der Waals surface area contributed by atoms with Gasteiger partial charge in [0.05, 0.1) is 5.56 Å². The maximum absolute atomic E-state index is 11.8. The summed E-state index contributed by atoms with van der Waals surface area (Å²) in [6, 6.07) is 3.83. The summed E-state index contributed by atoms with van der Waals surface area (Å²) in [6.45, 7) is 0. The van der Waals surface area contributed by atoms with Crippen molar-refractivity contribution in [3.05, 3.63) is 23.8 Å². The van der Waals surface area contributed by atoms with E-state index in [1.54, 1.807) is 6.21 Å². The zero-order chi connectivity index (χ0) is 13.7. The molecule has 0 bridgehead atoms. The Bertz CT molecular complexity index is 480. The van der Waals surface area contributed by atoms with Crippen molar-refractivity contribution >= 4 is 12.1 Å². The standard InChI is InChI=1S/C14H18N2O3/c17-11-6-7-12(13(18)8-11)14(19)16-15-9-10-4-2-1-3-5-10/h6-10,17-18H,1-5H2,(H,16,19). The molecule has 1 fully saturated rings. The van der Waals surface area contributed by atoms with Crippen LogP contribution in [0.15, 0.2) is 23.3 Å². The molecule has 3 N–H and O–H groups in total. The fourth-order valence-electron chi connectivity index (χ4n) is 2.26. The monoisotopic (exact) mass is 262 g/mol. The third-order valence-electron chi connectivity index (χ3n) is 3.33. The number of hydrogen-bond donors (Lipinski definition) is 3. The van der Waals surface area contributed by atoms with Gasteiger partial charge in [-0.1, -0.05) is 19.3 Å². The molecule has 0 atom stereocenters. The van der Waals surface area contributed by atoms with Gasteiger partial charge in [-0.15, -0.1) is 0 Å². The number of benzene rings is 1. The Balaban J connectivity index is 1.91. The lowest BCUT2D eigenvalue weighted by Crippen LogP contribution is -2.19. The molecule has 1 aliphatic rings. The van der Waals surface area contributed by atoms with Crippen LogP contribution in [0.1, 0.15) is 42.5 Å². The van der Waals surface area contributed by atoms with E-state index >= 15 is 0 Å². The highest BCUT2D eigenvalue weighted by molar-refractivity contribution is 5.97. The highest BCUT2D eigenvalue weighted by Gasteiger charge is 2.12. The molecule has 1 saturated carbocycles. The average molecular weight is 262 g/mol. The lowest BCUT2D eigenvalue weighted by atomic mass is 9.90. The Labute approximate surface area is 112 Å². The van der Waals surface area contributed by atoms with E-state index in [-0.39, 0.29) is 17.1 Å². The average Bonchev–Trinajstić information content (AvgIpc) is 2.39. The van der Waals surface area contributed by atoms with Crippen LogP contribution >= 0.6 is 0 Å². The minimum Gasteiger partial charge on any atom is -0.508 e. The smallest absolute Gasteiger partial charge is 0.275 e. The van der Waals surface area contributed by atoms with E-state index < -0.39 is 5.91 Å². The SMILES string of the molecule is O=C(NN=CC1CCCCC1)c1ccc(O)cc1O. The molecule has 0 aliphatic heterocycles. The van der Waals surface area contributed by atoms with Crippen LogP contribution in [0.3, 0.4) is 0 Å². The topological polar surface area (TPSA) is 81.9 Å². The first-order valence-corrected chi connectivity index (χ1v) is 6.52. The molecule has 5 nitrogen and oxygen atoms in total. The molecule has 102 valence electrons. The van der Waals surface area contributed by atoms with Crippen molar-refractivity contribution in [2.75, 3.05) is 0 Å². The molecule has 0 spiro atoms. The Morgan fingerprint density at radius 3 is 2.68 bits per heavy atom. The number of carbonyl (C=O) groups excluding carboxylic acids is 1. The summed E-state index contributed by atoms with van der Waals surface area (Å²) < 4.78 is 0. The normalized spacial score (nSPS) is 16.6. The minimum atomic E-state index is -0.482. The molecule has 1 aliphatic carbocycles. The molecule has 1 amide bonds. The third-order valence-corrected chi connectivity index (χ3v) is 3.33. The van der Waals surface area contributed by atoms with E-state index in [1.165, 1.54) is 31.4 Å². The van der Waals surface area contributed by atoms with Crippen molar-refractivity contribution < 1.29 is 15.0 Å². The van der Waals surface area contributed by atoms with Gasteiger partial charge in [0.15, 0.2) is 0 Å². The van der Waals surface area contributed by atoms with Crippen LogP contribution in [0.4, 0.5) is 0 Å². The number of phenolic OH excluding ortho intramolecular Hbond substituents is 2. The summed E-state index contributed by atoms with van der Waals surface area (Å²) >= 11 is 0. The maximum Gasteiger partial charge on any atom is 0.275 e. The van der Waals surface area contributed by atoms with Gasteiger partial charge in [0.25, 0.3) is 5.91 Å². The predicted octanol–water partition coefficient (Wildman–Crippen LogP) is 2.39. The van der Waals surface area contributed by atoms with E-state index in [9.17, 15) is 9.90 Å². The number of carbonyl (C=O) groups is 1. The van der Waals surface area contributed by atoms with E-state index in [2.05, 4.69) is 10.5 Å². The van der Waals surface area contributed by atoms with Gasteiger partial charge in [-0.2, -0.15) is 5.10 Å². The summed E-state index contributed by atoms with van der Waals surface area (Å²) in [5, 5.41) is 22.6. The number of nitrogens with one attached hydrogen (secondary N) is 1. The summed E-state index contributed by atoms with van der Waals surface area (Å²) in [5.74, 6) is -0.392. The Hall–Kier alpha value is -2.04. The molecule has 2 rings (SSSR count). The first-order chi connectivity index (χ1) is 9.16. The van der Waals surface area contributed by atoms with Gasteiger partial charge in [-0.3, -0.25) is 4.79 Å². The molecule has 0 heterocycles. The molecular formula is C14H18N2O3. The molecular weight excluding hydrogens is 244 g/mol. The number of hydrazone groups is 1. The van der Waals surface area contributed by atoms with Gasteiger partial charge < -0.3 is 10.2 Å². The van der Waals surface area contributed by atoms with Crippen LogP contribution in [0.5, 0.6) is 11.5 Å². The number of hydrogen-bond acceptors (Lipinski definition) is 4. The first-order valence-electron chi connectivity index (χ1n) is 6.52. The fraction of sp³-hybridized carbons (Fsp3) is 0.429. The molecule has 0 aromatic heterocycles. The highest BCUT2D eigenvalue weighted by atomic mass is 16.3. The van der Waals surface area contributed by atoms with Gasteiger partial charge in [0.2, 0.25) is 0 Å². The van der Waals surface area contributed by atoms with Gasteiger partial charge in [-0.25, -0.2) is 5.43 Å². The minimum absolute atomic E-state index is 0.0836. The van der Waals surface area contributed by atoms with E-state index in [0.717, 1.165) is 18.9 Å². The highest BCUT2D eigenvalue weighted by Crippen LogP contribution is 2.23. The summed E-state index contributed by atoms with van der Waals surface area (Å²) in [7, 11) is 0. The molecule has 1 aromatic rings. The third kappa shape index (κ3) is 3.71. The maximum atomic E-state index is 11.8. The molecule has 19 heavy (non-hydrogen) atoms. The Morgan fingerprint density at radius 2 is 2.00 bits per heavy atom. The second-order valence-corrected chi connectivity index (χ2v) is 4.82. The van der Waals surface area contributed by atoms with Crippen LogP contribution in [0.2, 0.25) is 0 Å². The van der Waals surface area contributed by atoms with Crippen LogP contribution < -0.4 is 5.43 Å². The summed E-state index contributed by atoms with van der Waals surface area (Å²) in [5.41, 5.74) is 2.49. The van der Waals surface area contributed by atoms with Crippen molar-refractivity contribution in [1.29, 1.82) is 0 Å². The van der Waals surface area contributed by atoms with Gasteiger partial charge in [-0.05, 0) is 30.9 Å². The zero-order valence-corrected chi connectivity index (χ0v) is 10.7. The van der Waals surface area contributed by atoms with Crippen LogP contribution in [0.25, 0.3) is 0 Å². The second-order valence-electron chi connectivity index (χ2n) is 4.82. The van der Waals surface area contributed by atoms with Gasteiger partial charge >= 0.3 is 0 Å². The van der Waals surface area contributed by atoms with Crippen molar-refractivity contribution in [2.45, 2.75) is 32.1 Å².